The monoisotopic (exact) mass is 223 g/mol. The first kappa shape index (κ1) is 12.9. The topological polar surface area (TPSA) is 58.0 Å². The number of hydrogen-bond acceptors (Lipinski definition) is 4. The van der Waals surface area contributed by atoms with Crippen molar-refractivity contribution in [1.82, 2.24) is 9.97 Å². The molecule has 0 spiro atoms. The van der Waals surface area contributed by atoms with Gasteiger partial charge in [0.2, 0.25) is 0 Å². The van der Waals surface area contributed by atoms with Crippen LogP contribution in [0.4, 0.5) is 5.82 Å². The highest BCUT2D eigenvalue weighted by atomic mass is 16.3. The zero-order chi connectivity index (χ0) is 11.8. The summed E-state index contributed by atoms with van der Waals surface area (Å²) in [5.41, 5.74) is 0. The molecule has 1 atom stereocenters. The summed E-state index contributed by atoms with van der Waals surface area (Å²) in [7, 11) is 0. The first-order valence-corrected chi connectivity index (χ1v) is 5.90. The van der Waals surface area contributed by atoms with Crippen LogP contribution >= 0.6 is 0 Å². The summed E-state index contributed by atoms with van der Waals surface area (Å²) in [5, 5.41) is 12.2. The van der Waals surface area contributed by atoms with E-state index in [1.807, 2.05) is 13.0 Å². The van der Waals surface area contributed by atoms with Gasteiger partial charge in [-0.15, -0.1) is 0 Å². The smallest absolute Gasteiger partial charge is 0.129 e. The molecule has 4 heteroatoms. The molecule has 1 rings (SSSR count). The largest absolute Gasteiger partial charge is 0.396 e. The van der Waals surface area contributed by atoms with Crippen LogP contribution in [0.25, 0.3) is 0 Å². The van der Waals surface area contributed by atoms with Gasteiger partial charge in [0, 0.05) is 19.3 Å². The quantitative estimate of drug-likeness (QED) is 0.742. The van der Waals surface area contributed by atoms with Crippen LogP contribution < -0.4 is 5.32 Å². The lowest BCUT2D eigenvalue weighted by molar-refractivity contribution is 0.255. The Labute approximate surface area is 97.1 Å². The summed E-state index contributed by atoms with van der Waals surface area (Å²) in [4.78, 5) is 8.33. The van der Waals surface area contributed by atoms with Crippen LogP contribution in [0, 0.1) is 12.8 Å². The van der Waals surface area contributed by atoms with Gasteiger partial charge in [-0.2, -0.15) is 0 Å². The molecule has 0 saturated heterocycles. The molecule has 0 saturated carbocycles. The van der Waals surface area contributed by atoms with E-state index in [4.69, 9.17) is 5.11 Å². The molecule has 2 N–H and O–H groups in total. The Kier molecular flexibility index (Phi) is 5.78. The summed E-state index contributed by atoms with van der Waals surface area (Å²) < 4.78 is 0. The Morgan fingerprint density at radius 1 is 1.44 bits per heavy atom. The molecule has 1 heterocycles. The summed E-state index contributed by atoms with van der Waals surface area (Å²) >= 11 is 0. The molecule has 4 nitrogen and oxygen atoms in total. The first-order valence-electron chi connectivity index (χ1n) is 5.90. The Balaban J connectivity index is 2.41. The van der Waals surface area contributed by atoms with Crippen molar-refractivity contribution < 1.29 is 5.11 Å². The van der Waals surface area contributed by atoms with Crippen LogP contribution in [0.15, 0.2) is 12.3 Å². The Morgan fingerprint density at radius 2 is 2.25 bits per heavy atom. The van der Waals surface area contributed by atoms with Crippen LogP contribution in [0.5, 0.6) is 0 Å². The SMILES string of the molecule is CCCC(CCO)CNc1ccnc(C)n1. The van der Waals surface area contributed by atoms with Crippen LogP contribution in [-0.2, 0) is 0 Å². The second-order valence-electron chi connectivity index (χ2n) is 4.04. The van der Waals surface area contributed by atoms with Gasteiger partial charge in [-0.05, 0) is 31.7 Å². The van der Waals surface area contributed by atoms with E-state index in [-0.39, 0.29) is 6.61 Å². The van der Waals surface area contributed by atoms with Crippen LogP contribution in [-0.4, -0.2) is 28.2 Å². The highest BCUT2D eigenvalue weighted by Gasteiger charge is 2.07. The van der Waals surface area contributed by atoms with Crippen molar-refractivity contribution in [2.75, 3.05) is 18.5 Å². The van der Waals surface area contributed by atoms with Crippen molar-refractivity contribution in [2.24, 2.45) is 5.92 Å². The molecule has 1 unspecified atom stereocenters. The lowest BCUT2D eigenvalue weighted by Crippen LogP contribution is -2.16. The van der Waals surface area contributed by atoms with Crippen LogP contribution in [0.2, 0.25) is 0 Å². The molecule has 1 aromatic heterocycles. The Morgan fingerprint density at radius 3 is 2.88 bits per heavy atom. The van der Waals surface area contributed by atoms with E-state index in [0.29, 0.717) is 5.92 Å². The maximum Gasteiger partial charge on any atom is 0.129 e. The molecule has 0 aromatic carbocycles. The molecule has 0 aliphatic heterocycles. The van der Waals surface area contributed by atoms with E-state index in [1.54, 1.807) is 6.20 Å². The van der Waals surface area contributed by atoms with Crippen molar-refractivity contribution in [3.05, 3.63) is 18.1 Å². The number of hydrogen-bond donors (Lipinski definition) is 2. The average Bonchev–Trinajstić information content (AvgIpc) is 2.27. The minimum absolute atomic E-state index is 0.259. The van der Waals surface area contributed by atoms with Crippen LogP contribution in [0.1, 0.15) is 32.0 Å². The van der Waals surface area contributed by atoms with Gasteiger partial charge in [0.15, 0.2) is 0 Å². The molecule has 16 heavy (non-hydrogen) atoms. The minimum atomic E-state index is 0.259. The molecule has 0 fully saturated rings. The zero-order valence-corrected chi connectivity index (χ0v) is 10.1. The third-order valence-electron chi connectivity index (χ3n) is 2.58. The number of aromatic nitrogens is 2. The van der Waals surface area contributed by atoms with Crippen molar-refractivity contribution in [3.63, 3.8) is 0 Å². The maximum atomic E-state index is 8.95. The number of aliphatic hydroxyl groups is 1. The molecule has 0 radical (unpaired) electrons. The summed E-state index contributed by atoms with van der Waals surface area (Å²) in [6, 6.07) is 1.87. The fourth-order valence-electron chi connectivity index (χ4n) is 1.74. The summed E-state index contributed by atoms with van der Waals surface area (Å²) in [6.07, 6.45) is 4.89. The van der Waals surface area contributed by atoms with Crippen molar-refractivity contribution in [2.45, 2.75) is 33.1 Å². The fraction of sp³-hybridized carbons (Fsp3) is 0.667. The minimum Gasteiger partial charge on any atom is -0.396 e. The summed E-state index contributed by atoms with van der Waals surface area (Å²) in [6.45, 7) is 5.17. The van der Waals surface area contributed by atoms with Gasteiger partial charge in [-0.1, -0.05) is 13.3 Å². The highest BCUT2D eigenvalue weighted by Crippen LogP contribution is 2.12. The highest BCUT2D eigenvalue weighted by molar-refractivity contribution is 5.32. The molecule has 1 aromatic rings. The molecule has 0 amide bonds. The molecule has 90 valence electrons. The number of nitrogens with one attached hydrogen (secondary N) is 1. The van der Waals surface area contributed by atoms with Gasteiger partial charge in [-0.25, -0.2) is 9.97 Å². The van der Waals surface area contributed by atoms with E-state index in [0.717, 1.165) is 37.4 Å². The van der Waals surface area contributed by atoms with Crippen molar-refractivity contribution in [3.8, 4) is 0 Å². The average molecular weight is 223 g/mol. The van der Waals surface area contributed by atoms with Gasteiger partial charge >= 0.3 is 0 Å². The number of aryl methyl sites for hydroxylation is 1. The molecular formula is C12H21N3O. The second-order valence-corrected chi connectivity index (χ2v) is 4.04. The third-order valence-corrected chi connectivity index (χ3v) is 2.58. The van der Waals surface area contributed by atoms with Gasteiger partial charge in [0.1, 0.15) is 11.6 Å². The fourth-order valence-corrected chi connectivity index (χ4v) is 1.74. The van der Waals surface area contributed by atoms with Gasteiger partial charge in [-0.3, -0.25) is 0 Å². The predicted molar refractivity (Wildman–Crippen MR) is 65.4 cm³/mol. The molecule has 0 bridgehead atoms. The molecular weight excluding hydrogens is 202 g/mol. The summed E-state index contributed by atoms with van der Waals surface area (Å²) in [5.74, 6) is 2.16. The lowest BCUT2D eigenvalue weighted by Gasteiger charge is -2.15. The van der Waals surface area contributed by atoms with Gasteiger partial charge in [0.05, 0.1) is 0 Å². The van der Waals surface area contributed by atoms with Crippen molar-refractivity contribution >= 4 is 5.82 Å². The number of rotatable bonds is 7. The van der Waals surface area contributed by atoms with Crippen LogP contribution in [0.3, 0.4) is 0 Å². The molecule has 0 aliphatic carbocycles. The first-order chi connectivity index (χ1) is 7.76. The van der Waals surface area contributed by atoms with E-state index in [1.165, 1.54) is 0 Å². The lowest BCUT2D eigenvalue weighted by atomic mass is 10.0. The maximum absolute atomic E-state index is 8.95. The van der Waals surface area contributed by atoms with E-state index >= 15 is 0 Å². The van der Waals surface area contributed by atoms with Gasteiger partial charge < -0.3 is 10.4 Å². The predicted octanol–water partition coefficient (Wildman–Crippen LogP) is 2.00. The van der Waals surface area contributed by atoms with E-state index in [9.17, 15) is 0 Å². The van der Waals surface area contributed by atoms with E-state index < -0.39 is 0 Å². The Hall–Kier alpha value is -1.16. The molecule has 0 aliphatic rings. The number of nitrogens with zero attached hydrogens (tertiary/aromatic N) is 2. The number of anilines is 1. The second kappa shape index (κ2) is 7.17. The zero-order valence-electron chi connectivity index (χ0n) is 10.1. The number of aliphatic hydroxyl groups excluding tert-OH is 1. The van der Waals surface area contributed by atoms with Crippen molar-refractivity contribution in [1.29, 1.82) is 0 Å². The standard InChI is InChI=1S/C12H21N3O/c1-3-4-11(6-8-16)9-14-12-5-7-13-10(2)15-12/h5,7,11,16H,3-4,6,8-9H2,1-2H3,(H,13,14,15). The van der Waals surface area contributed by atoms with E-state index in [2.05, 4.69) is 22.2 Å². The Bertz CT molecular complexity index is 298. The van der Waals surface area contributed by atoms with Gasteiger partial charge in [0.25, 0.3) is 0 Å². The third kappa shape index (κ3) is 4.57. The normalized spacial score (nSPS) is 12.4.